The molecular weight excluding hydrogens is 494 g/mol. The standard InChI is InChI=1S/C26H28ClN7O3/c1-13-8-17(15(3)32-19-6-7-20(27)33-21(19)25(30)34-36)24-18(9-13)22(35)14(2)23(37-24)16(10-28)11-31-26(4,5)12-29/h6-11,15,32,36H,28H2,1-5H3,(H2,30,34)/t15-/m1/s1. The van der Waals surface area contributed by atoms with Crippen LogP contribution in [-0.4, -0.2) is 27.8 Å². The number of aliphatic imine (C=N–C) groups is 1. The van der Waals surface area contributed by atoms with Gasteiger partial charge in [0.2, 0.25) is 0 Å². The van der Waals surface area contributed by atoms with E-state index in [1.807, 2.05) is 19.9 Å². The molecule has 1 aromatic carbocycles. The molecule has 0 aliphatic carbocycles. The summed E-state index contributed by atoms with van der Waals surface area (Å²) in [5.74, 6) is 0.0355. The van der Waals surface area contributed by atoms with Crippen LogP contribution in [0.15, 0.2) is 49.8 Å². The number of nitrogens with one attached hydrogen (secondary N) is 1. The number of pyridine rings is 1. The Morgan fingerprint density at radius 2 is 2.05 bits per heavy atom. The monoisotopic (exact) mass is 521 g/mol. The zero-order valence-corrected chi connectivity index (χ0v) is 21.9. The molecule has 0 unspecified atom stereocenters. The summed E-state index contributed by atoms with van der Waals surface area (Å²) >= 11 is 6.00. The molecule has 6 N–H and O–H groups in total. The number of halogens is 1. The number of fused-ring (bicyclic) bond motifs is 1. The summed E-state index contributed by atoms with van der Waals surface area (Å²) in [4.78, 5) is 21.8. The third-order valence-electron chi connectivity index (χ3n) is 5.68. The fraction of sp³-hybridized carbons (Fsp3) is 0.269. The Morgan fingerprint density at radius 3 is 2.68 bits per heavy atom. The first-order valence-corrected chi connectivity index (χ1v) is 11.7. The third-order valence-corrected chi connectivity index (χ3v) is 5.89. The number of aryl methyl sites for hydroxylation is 1. The first-order chi connectivity index (χ1) is 17.4. The number of benzene rings is 1. The van der Waals surface area contributed by atoms with Gasteiger partial charge in [0.05, 0.1) is 28.8 Å². The van der Waals surface area contributed by atoms with Crippen LogP contribution in [0, 0.1) is 25.2 Å². The number of nitrogens with two attached hydrogens (primary N) is 2. The van der Waals surface area contributed by atoms with E-state index in [1.54, 1.807) is 39.0 Å². The lowest BCUT2D eigenvalue weighted by atomic mass is 9.99. The number of amidine groups is 1. The van der Waals surface area contributed by atoms with Gasteiger partial charge >= 0.3 is 0 Å². The molecular formula is C26H28ClN7O3. The lowest BCUT2D eigenvalue weighted by Crippen LogP contribution is -2.19. The van der Waals surface area contributed by atoms with Crippen molar-refractivity contribution in [2.75, 3.05) is 5.32 Å². The molecule has 2 aromatic heterocycles. The Hall–Kier alpha value is -4.36. The van der Waals surface area contributed by atoms with Crippen molar-refractivity contribution in [3.63, 3.8) is 0 Å². The van der Waals surface area contributed by atoms with E-state index in [-0.39, 0.29) is 27.9 Å². The van der Waals surface area contributed by atoms with Crippen molar-refractivity contribution >= 4 is 45.9 Å². The number of aromatic nitrogens is 1. The lowest BCUT2D eigenvalue weighted by Gasteiger charge is -2.20. The second-order valence-corrected chi connectivity index (χ2v) is 9.44. The highest BCUT2D eigenvalue weighted by Crippen LogP contribution is 2.31. The number of allylic oxidation sites excluding steroid dienone is 1. The van der Waals surface area contributed by atoms with E-state index in [2.05, 4.69) is 26.5 Å². The molecule has 0 saturated heterocycles. The molecule has 11 heteroatoms. The van der Waals surface area contributed by atoms with Gasteiger partial charge in [-0.05, 0) is 58.4 Å². The molecule has 0 amide bonds. The third kappa shape index (κ3) is 5.73. The van der Waals surface area contributed by atoms with Crippen LogP contribution in [0.5, 0.6) is 0 Å². The average Bonchev–Trinajstić information content (AvgIpc) is 2.87. The number of anilines is 1. The van der Waals surface area contributed by atoms with Crippen molar-refractivity contribution in [2.45, 2.75) is 46.2 Å². The van der Waals surface area contributed by atoms with Crippen LogP contribution in [0.4, 0.5) is 5.69 Å². The number of nitrogens with zero attached hydrogens (tertiary/aromatic N) is 4. The number of hydrogen-bond donors (Lipinski definition) is 4. The van der Waals surface area contributed by atoms with Gasteiger partial charge < -0.3 is 26.4 Å². The van der Waals surface area contributed by atoms with E-state index in [0.717, 1.165) is 5.56 Å². The molecule has 37 heavy (non-hydrogen) atoms. The zero-order chi connectivity index (χ0) is 27.5. The Balaban J connectivity index is 2.20. The molecule has 0 radical (unpaired) electrons. The molecule has 0 spiro atoms. The molecule has 3 aromatic rings. The minimum absolute atomic E-state index is 0.168. The number of rotatable bonds is 7. The first kappa shape index (κ1) is 27.2. The normalized spacial score (nSPS) is 13.6. The summed E-state index contributed by atoms with van der Waals surface area (Å²) in [6, 6.07) is 8.56. The summed E-state index contributed by atoms with van der Waals surface area (Å²) in [5, 5.41) is 25.3. The Morgan fingerprint density at radius 1 is 1.35 bits per heavy atom. The molecule has 10 nitrogen and oxygen atoms in total. The second kappa shape index (κ2) is 10.7. The predicted molar refractivity (Wildman–Crippen MR) is 146 cm³/mol. The van der Waals surface area contributed by atoms with Crippen LogP contribution in [0.25, 0.3) is 16.5 Å². The summed E-state index contributed by atoms with van der Waals surface area (Å²) in [6.45, 7) is 8.72. The van der Waals surface area contributed by atoms with Crippen LogP contribution in [0.1, 0.15) is 55.0 Å². The maximum Gasteiger partial charge on any atom is 0.196 e. The van der Waals surface area contributed by atoms with Gasteiger partial charge in [0.25, 0.3) is 0 Å². The topological polar surface area (TPSA) is 176 Å². The van der Waals surface area contributed by atoms with Gasteiger partial charge in [0.15, 0.2) is 11.3 Å². The largest absolute Gasteiger partial charge is 0.455 e. The highest BCUT2D eigenvalue weighted by Gasteiger charge is 2.21. The van der Waals surface area contributed by atoms with Crippen molar-refractivity contribution in [3.8, 4) is 6.07 Å². The molecule has 3 rings (SSSR count). The number of oxime groups is 1. The Labute approximate surface area is 219 Å². The Bertz CT molecular complexity index is 1550. The first-order valence-electron chi connectivity index (χ1n) is 11.3. The van der Waals surface area contributed by atoms with Gasteiger partial charge in [0, 0.05) is 23.5 Å². The maximum atomic E-state index is 13.4. The smallest absolute Gasteiger partial charge is 0.196 e. The van der Waals surface area contributed by atoms with Gasteiger partial charge in [-0.3, -0.25) is 9.79 Å². The lowest BCUT2D eigenvalue weighted by molar-refractivity contribution is 0.318. The van der Waals surface area contributed by atoms with Crippen molar-refractivity contribution in [1.29, 1.82) is 5.26 Å². The van der Waals surface area contributed by atoms with Crippen molar-refractivity contribution < 1.29 is 9.62 Å². The van der Waals surface area contributed by atoms with E-state index in [0.29, 0.717) is 33.4 Å². The summed E-state index contributed by atoms with van der Waals surface area (Å²) in [5.41, 5.74) is 13.7. The highest BCUT2D eigenvalue weighted by molar-refractivity contribution is 6.29. The number of hydrogen-bond acceptors (Lipinski definition) is 9. The quantitative estimate of drug-likeness (QED) is 0.116. The zero-order valence-electron chi connectivity index (χ0n) is 21.1. The highest BCUT2D eigenvalue weighted by atomic mass is 35.5. The molecule has 0 aliphatic rings. The fourth-order valence-electron chi connectivity index (χ4n) is 3.71. The van der Waals surface area contributed by atoms with E-state index < -0.39 is 11.6 Å². The average molecular weight is 522 g/mol. The van der Waals surface area contributed by atoms with Crippen molar-refractivity contribution in [3.05, 3.63) is 74.0 Å². The van der Waals surface area contributed by atoms with Crippen LogP contribution < -0.4 is 22.2 Å². The van der Waals surface area contributed by atoms with Gasteiger partial charge in [0.1, 0.15) is 27.7 Å². The summed E-state index contributed by atoms with van der Waals surface area (Å²) in [7, 11) is 0. The Kier molecular flexibility index (Phi) is 7.89. The summed E-state index contributed by atoms with van der Waals surface area (Å²) in [6.07, 6.45) is 2.71. The van der Waals surface area contributed by atoms with Crippen LogP contribution in [0.3, 0.4) is 0 Å². The number of nitriles is 1. The molecule has 0 fully saturated rings. The van der Waals surface area contributed by atoms with E-state index in [1.165, 1.54) is 12.4 Å². The minimum atomic E-state index is -0.982. The molecule has 0 bridgehead atoms. The SMILES string of the molecule is Cc1cc([C@@H](C)Nc2ccc(Cl)nc2/C(N)=N/O)c2oc(C(C=NC(C)(C)C#N)=CN)c(C)c(=O)c2c1. The van der Waals surface area contributed by atoms with Gasteiger partial charge in [-0.1, -0.05) is 22.8 Å². The van der Waals surface area contributed by atoms with Crippen molar-refractivity contribution in [1.82, 2.24) is 4.98 Å². The molecule has 0 aliphatic heterocycles. The molecule has 0 saturated carbocycles. The predicted octanol–water partition coefficient (Wildman–Crippen LogP) is 4.40. The maximum absolute atomic E-state index is 13.4. The molecule has 192 valence electrons. The second-order valence-electron chi connectivity index (χ2n) is 9.05. The van der Waals surface area contributed by atoms with Crippen LogP contribution in [-0.2, 0) is 0 Å². The minimum Gasteiger partial charge on any atom is -0.455 e. The fourth-order valence-corrected chi connectivity index (χ4v) is 3.85. The van der Waals surface area contributed by atoms with Crippen molar-refractivity contribution in [2.24, 2.45) is 21.6 Å². The van der Waals surface area contributed by atoms with Gasteiger partial charge in [-0.2, -0.15) is 5.26 Å². The van der Waals surface area contributed by atoms with E-state index in [9.17, 15) is 10.1 Å². The summed E-state index contributed by atoms with van der Waals surface area (Å²) < 4.78 is 6.30. The molecule has 1 atom stereocenters. The van der Waals surface area contributed by atoms with Crippen LogP contribution in [0.2, 0.25) is 5.15 Å². The van der Waals surface area contributed by atoms with Gasteiger partial charge in [-0.15, -0.1) is 0 Å². The van der Waals surface area contributed by atoms with E-state index in [4.69, 9.17) is 32.7 Å². The van der Waals surface area contributed by atoms with Gasteiger partial charge in [-0.25, -0.2) is 4.98 Å². The van der Waals surface area contributed by atoms with E-state index >= 15 is 0 Å². The molecule has 2 heterocycles. The van der Waals surface area contributed by atoms with Crippen LogP contribution >= 0.6 is 11.6 Å².